The Balaban J connectivity index is 1.19. The molecule has 4 aromatic carbocycles. The standard InChI is InChI=1S/C33H30N2O3/c1-24-30(35-33(38-24)28-17-9-4-10-18-28)20-21-37-29-19-11-12-25(22-29)23-34-32(36)31(26-13-5-2-6-14-26)27-15-7-3-8-16-27/h2-19,22,31H,20-21,23H2,1H3,(H,34,36). The predicted molar refractivity (Wildman–Crippen MR) is 149 cm³/mol. The number of nitrogens with zero attached hydrogens (tertiary/aromatic N) is 1. The zero-order chi connectivity index (χ0) is 26.2. The summed E-state index contributed by atoms with van der Waals surface area (Å²) < 4.78 is 11.9. The monoisotopic (exact) mass is 502 g/mol. The van der Waals surface area contributed by atoms with Crippen LogP contribution in [0, 0.1) is 6.92 Å². The Kier molecular flexibility index (Phi) is 7.95. The fraction of sp³-hybridized carbons (Fsp3) is 0.152. The molecule has 5 rings (SSSR count). The van der Waals surface area contributed by atoms with E-state index in [9.17, 15) is 4.79 Å². The normalized spacial score (nSPS) is 10.9. The van der Waals surface area contributed by atoms with E-state index in [1.807, 2.05) is 122 Å². The summed E-state index contributed by atoms with van der Waals surface area (Å²) in [5.74, 6) is 1.77. The Bertz CT molecular complexity index is 1420. The number of ether oxygens (including phenoxy) is 1. The third-order valence-electron chi connectivity index (χ3n) is 6.41. The van der Waals surface area contributed by atoms with Crippen molar-refractivity contribution in [2.24, 2.45) is 0 Å². The maximum atomic E-state index is 13.3. The van der Waals surface area contributed by atoms with Gasteiger partial charge in [-0.05, 0) is 47.9 Å². The number of carbonyl (C=O) groups excluding carboxylic acids is 1. The smallest absolute Gasteiger partial charge is 0.232 e. The van der Waals surface area contributed by atoms with E-state index in [2.05, 4.69) is 10.3 Å². The summed E-state index contributed by atoms with van der Waals surface area (Å²) in [5.41, 5.74) is 4.75. The molecular weight excluding hydrogens is 472 g/mol. The fourth-order valence-electron chi connectivity index (χ4n) is 4.45. The highest BCUT2D eigenvalue weighted by Gasteiger charge is 2.22. The van der Waals surface area contributed by atoms with Gasteiger partial charge in [-0.3, -0.25) is 4.79 Å². The molecule has 0 saturated heterocycles. The molecule has 5 heteroatoms. The summed E-state index contributed by atoms with van der Waals surface area (Å²) in [6, 6.07) is 37.4. The van der Waals surface area contributed by atoms with Crippen LogP contribution in [-0.4, -0.2) is 17.5 Å². The summed E-state index contributed by atoms with van der Waals surface area (Å²) in [7, 11) is 0. The molecule has 0 fully saturated rings. The van der Waals surface area contributed by atoms with Gasteiger partial charge in [-0.1, -0.05) is 91.0 Å². The van der Waals surface area contributed by atoms with Crippen LogP contribution in [0.2, 0.25) is 0 Å². The van der Waals surface area contributed by atoms with Gasteiger partial charge in [-0.25, -0.2) is 4.98 Å². The molecule has 1 aromatic heterocycles. The number of carbonyl (C=O) groups is 1. The number of rotatable bonds is 10. The van der Waals surface area contributed by atoms with Gasteiger partial charge in [0.1, 0.15) is 11.5 Å². The van der Waals surface area contributed by atoms with Crippen molar-refractivity contribution in [1.29, 1.82) is 0 Å². The maximum absolute atomic E-state index is 13.3. The highest BCUT2D eigenvalue weighted by atomic mass is 16.5. The molecule has 0 saturated carbocycles. The number of aryl methyl sites for hydroxylation is 1. The SMILES string of the molecule is Cc1oc(-c2ccccc2)nc1CCOc1cccc(CNC(=O)C(c2ccccc2)c2ccccc2)c1. The summed E-state index contributed by atoms with van der Waals surface area (Å²) in [6.45, 7) is 2.81. The number of hydrogen-bond acceptors (Lipinski definition) is 4. The molecule has 38 heavy (non-hydrogen) atoms. The minimum atomic E-state index is -0.372. The van der Waals surface area contributed by atoms with Gasteiger partial charge in [-0.15, -0.1) is 0 Å². The molecule has 5 aromatic rings. The van der Waals surface area contributed by atoms with Gasteiger partial charge in [0, 0.05) is 18.5 Å². The van der Waals surface area contributed by atoms with Gasteiger partial charge in [0.2, 0.25) is 11.8 Å². The molecule has 0 unspecified atom stereocenters. The van der Waals surface area contributed by atoms with Crippen molar-refractivity contribution in [3.05, 3.63) is 143 Å². The van der Waals surface area contributed by atoms with Crippen molar-refractivity contribution in [3.8, 4) is 17.2 Å². The summed E-state index contributed by atoms with van der Waals surface area (Å²) in [6.07, 6.45) is 0.638. The average molecular weight is 503 g/mol. The molecule has 0 aliphatic heterocycles. The first-order valence-corrected chi connectivity index (χ1v) is 12.8. The Morgan fingerprint density at radius 1 is 0.842 bits per heavy atom. The van der Waals surface area contributed by atoms with Gasteiger partial charge in [-0.2, -0.15) is 0 Å². The molecule has 5 nitrogen and oxygen atoms in total. The molecule has 0 spiro atoms. The van der Waals surface area contributed by atoms with Crippen molar-refractivity contribution in [2.75, 3.05) is 6.61 Å². The van der Waals surface area contributed by atoms with Crippen LogP contribution in [0.3, 0.4) is 0 Å². The lowest BCUT2D eigenvalue weighted by molar-refractivity contribution is -0.121. The largest absolute Gasteiger partial charge is 0.493 e. The second-order valence-electron chi connectivity index (χ2n) is 9.11. The number of aromatic nitrogens is 1. The molecule has 1 N–H and O–H groups in total. The highest BCUT2D eigenvalue weighted by molar-refractivity contribution is 5.87. The van der Waals surface area contributed by atoms with Gasteiger partial charge in [0.05, 0.1) is 18.2 Å². The van der Waals surface area contributed by atoms with Crippen LogP contribution < -0.4 is 10.1 Å². The average Bonchev–Trinajstić information content (AvgIpc) is 3.34. The van der Waals surface area contributed by atoms with E-state index in [0.29, 0.717) is 25.5 Å². The molecule has 0 radical (unpaired) electrons. The predicted octanol–water partition coefficient (Wildman–Crippen LogP) is 6.72. The Morgan fingerprint density at radius 2 is 1.47 bits per heavy atom. The minimum absolute atomic E-state index is 0.0375. The highest BCUT2D eigenvalue weighted by Crippen LogP contribution is 2.25. The van der Waals surface area contributed by atoms with Crippen LogP contribution in [0.5, 0.6) is 5.75 Å². The zero-order valence-electron chi connectivity index (χ0n) is 21.3. The van der Waals surface area contributed by atoms with E-state index in [4.69, 9.17) is 9.15 Å². The Morgan fingerprint density at radius 3 is 2.13 bits per heavy atom. The molecule has 190 valence electrons. The molecule has 0 aliphatic rings. The quantitative estimate of drug-likeness (QED) is 0.230. The molecular formula is C33H30N2O3. The fourth-order valence-corrected chi connectivity index (χ4v) is 4.45. The second-order valence-corrected chi connectivity index (χ2v) is 9.11. The van der Waals surface area contributed by atoms with E-state index in [1.165, 1.54) is 0 Å². The first kappa shape index (κ1) is 25.0. The topological polar surface area (TPSA) is 64.4 Å². The first-order valence-electron chi connectivity index (χ1n) is 12.8. The molecule has 0 bridgehead atoms. The van der Waals surface area contributed by atoms with E-state index < -0.39 is 0 Å². The summed E-state index contributed by atoms with van der Waals surface area (Å²) in [5, 5.41) is 3.11. The van der Waals surface area contributed by atoms with E-state index in [1.54, 1.807) is 0 Å². The van der Waals surface area contributed by atoms with Crippen LogP contribution in [0.1, 0.15) is 34.1 Å². The van der Waals surface area contributed by atoms with Crippen LogP contribution in [0.4, 0.5) is 0 Å². The maximum Gasteiger partial charge on any atom is 0.232 e. The van der Waals surface area contributed by atoms with Crippen molar-refractivity contribution >= 4 is 5.91 Å². The summed E-state index contributed by atoms with van der Waals surface area (Å²) in [4.78, 5) is 18.0. The number of oxazole rings is 1. The van der Waals surface area contributed by atoms with E-state index >= 15 is 0 Å². The third kappa shape index (κ3) is 6.19. The number of nitrogens with one attached hydrogen (secondary N) is 1. The van der Waals surface area contributed by atoms with Crippen LogP contribution in [0.15, 0.2) is 120 Å². The first-order chi connectivity index (χ1) is 18.7. The van der Waals surface area contributed by atoms with Crippen LogP contribution in [-0.2, 0) is 17.8 Å². The van der Waals surface area contributed by atoms with Crippen LogP contribution >= 0.6 is 0 Å². The Labute approximate surface area is 223 Å². The van der Waals surface area contributed by atoms with Crippen molar-refractivity contribution in [2.45, 2.75) is 25.8 Å². The van der Waals surface area contributed by atoms with Gasteiger partial charge >= 0.3 is 0 Å². The van der Waals surface area contributed by atoms with E-state index in [0.717, 1.165) is 39.5 Å². The molecule has 0 atom stereocenters. The number of benzene rings is 4. The van der Waals surface area contributed by atoms with Gasteiger partial charge < -0.3 is 14.5 Å². The van der Waals surface area contributed by atoms with Gasteiger partial charge in [0.25, 0.3) is 0 Å². The zero-order valence-corrected chi connectivity index (χ0v) is 21.3. The Hall–Kier alpha value is -4.64. The van der Waals surface area contributed by atoms with Crippen molar-refractivity contribution in [3.63, 3.8) is 0 Å². The number of amides is 1. The van der Waals surface area contributed by atoms with E-state index in [-0.39, 0.29) is 11.8 Å². The van der Waals surface area contributed by atoms with Crippen molar-refractivity contribution < 1.29 is 13.9 Å². The minimum Gasteiger partial charge on any atom is -0.493 e. The van der Waals surface area contributed by atoms with Gasteiger partial charge in [0.15, 0.2) is 0 Å². The summed E-state index contributed by atoms with van der Waals surface area (Å²) >= 11 is 0. The lowest BCUT2D eigenvalue weighted by Crippen LogP contribution is -2.29. The molecule has 0 aliphatic carbocycles. The van der Waals surface area contributed by atoms with Crippen molar-refractivity contribution in [1.82, 2.24) is 10.3 Å². The molecule has 1 heterocycles. The third-order valence-corrected chi connectivity index (χ3v) is 6.41. The second kappa shape index (κ2) is 12.1. The lowest BCUT2D eigenvalue weighted by Gasteiger charge is -2.18. The number of hydrogen-bond donors (Lipinski definition) is 1. The lowest BCUT2D eigenvalue weighted by atomic mass is 9.90. The van der Waals surface area contributed by atoms with Crippen LogP contribution in [0.25, 0.3) is 11.5 Å². The molecule has 1 amide bonds.